The Morgan fingerprint density at radius 3 is 2.32 bits per heavy atom. The lowest BCUT2D eigenvalue weighted by molar-refractivity contribution is -0.121. The van der Waals surface area contributed by atoms with Gasteiger partial charge in [-0.25, -0.2) is 0 Å². The predicted molar refractivity (Wildman–Crippen MR) is 149 cm³/mol. The number of nitrogens with zero attached hydrogens (tertiary/aromatic N) is 3. The predicted octanol–water partition coefficient (Wildman–Crippen LogP) is 4.88. The molecule has 0 unspecified atom stereocenters. The average Bonchev–Trinajstić information content (AvgIpc) is 2.94. The van der Waals surface area contributed by atoms with Crippen molar-refractivity contribution in [1.29, 1.82) is 0 Å². The number of methoxy groups -OCH3 is 1. The minimum atomic E-state index is -0.0726. The first-order valence-corrected chi connectivity index (χ1v) is 13.1. The Labute approximate surface area is 224 Å². The summed E-state index contributed by atoms with van der Waals surface area (Å²) in [6.07, 6.45) is 0. The molecule has 2 amide bonds. The standard InChI is InChI=1S/C31H35N3O4/c1-31(2,3)24-13-14-28-26(19-24)34(29(35)21-38-28)20-22-9-11-23(12-10-22)30(36)33-17-15-32(16-18-33)25-7-5-6-8-27(25)37-4/h5-14,19H,15-18,20-21H2,1-4H3. The summed E-state index contributed by atoms with van der Waals surface area (Å²) in [6, 6.07) is 21.6. The smallest absolute Gasteiger partial charge is 0.265 e. The van der Waals surface area contributed by atoms with Crippen LogP contribution in [0.5, 0.6) is 11.5 Å². The van der Waals surface area contributed by atoms with Crippen molar-refractivity contribution in [2.24, 2.45) is 0 Å². The molecule has 2 heterocycles. The number of fused-ring (bicyclic) bond motifs is 1. The fraction of sp³-hybridized carbons (Fsp3) is 0.355. The Kier molecular flexibility index (Phi) is 7.02. The normalized spacial score (nSPS) is 15.7. The molecule has 7 heteroatoms. The van der Waals surface area contributed by atoms with E-state index in [0.29, 0.717) is 25.2 Å². The lowest BCUT2D eigenvalue weighted by atomic mass is 9.86. The van der Waals surface area contributed by atoms with Crippen LogP contribution >= 0.6 is 0 Å². The van der Waals surface area contributed by atoms with Gasteiger partial charge in [-0.15, -0.1) is 0 Å². The number of hydrogen-bond donors (Lipinski definition) is 0. The molecule has 0 saturated carbocycles. The average molecular weight is 514 g/mol. The Balaban J connectivity index is 1.25. The molecule has 0 aliphatic carbocycles. The van der Waals surface area contributed by atoms with Crippen LogP contribution in [0.3, 0.4) is 0 Å². The molecule has 0 N–H and O–H groups in total. The van der Waals surface area contributed by atoms with Crippen LogP contribution in [0.4, 0.5) is 11.4 Å². The number of benzene rings is 3. The third-order valence-corrected chi connectivity index (χ3v) is 7.30. The maximum Gasteiger partial charge on any atom is 0.265 e. The van der Waals surface area contributed by atoms with Crippen LogP contribution in [-0.2, 0) is 16.8 Å². The molecule has 2 aliphatic rings. The van der Waals surface area contributed by atoms with E-state index in [0.717, 1.165) is 47.1 Å². The van der Waals surface area contributed by atoms with Gasteiger partial charge < -0.3 is 24.2 Å². The maximum atomic E-state index is 13.2. The quantitative estimate of drug-likeness (QED) is 0.487. The van der Waals surface area contributed by atoms with Crippen molar-refractivity contribution < 1.29 is 19.1 Å². The largest absolute Gasteiger partial charge is 0.495 e. The zero-order chi connectivity index (χ0) is 26.9. The highest BCUT2D eigenvalue weighted by atomic mass is 16.5. The molecular formula is C31H35N3O4. The highest BCUT2D eigenvalue weighted by Gasteiger charge is 2.28. The molecule has 38 heavy (non-hydrogen) atoms. The number of amides is 2. The van der Waals surface area contributed by atoms with E-state index >= 15 is 0 Å². The van der Waals surface area contributed by atoms with Gasteiger partial charge in [0.15, 0.2) is 6.61 Å². The van der Waals surface area contributed by atoms with E-state index < -0.39 is 0 Å². The monoisotopic (exact) mass is 513 g/mol. The van der Waals surface area contributed by atoms with Crippen molar-refractivity contribution in [2.45, 2.75) is 32.7 Å². The summed E-state index contributed by atoms with van der Waals surface area (Å²) in [4.78, 5) is 32.0. The third kappa shape index (κ3) is 5.19. The molecule has 7 nitrogen and oxygen atoms in total. The molecular weight excluding hydrogens is 478 g/mol. The van der Waals surface area contributed by atoms with Gasteiger partial charge >= 0.3 is 0 Å². The van der Waals surface area contributed by atoms with Gasteiger partial charge in [-0.05, 0) is 52.9 Å². The Hall–Kier alpha value is -4.00. The van der Waals surface area contributed by atoms with Gasteiger partial charge in [-0.3, -0.25) is 9.59 Å². The van der Waals surface area contributed by atoms with Crippen molar-refractivity contribution in [2.75, 3.05) is 49.7 Å². The van der Waals surface area contributed by atoms with E-state index in [1.165, 1.54) is 0 Å². The highest BCUT2D eigenvalue weighted by Crippen LogP contribution is 2.37. The fourth-order valence-corrected chi connectivity index (χ4v) is 5.00. The van der Waals surface area contributed by atoms with Gasteiger partial charge in [-0.2, -0.15) is 0 Å². The summed E-state index contributed by atoms with van der Waals surface area (Å²) in [5, 5.41) is 0. The van der Waals surface area contributed by atoms with Gasteiger partial charge in [0.1, 0.15) is 11.5 Å². The van der Waals surface area contributed by atoms with Crippen LogP contribution in [0.2, 0.25) is 0 Å². The summed E-state index contributed by atoms with van der Waals surface area (Å²) >= 11 is 0. The number of anilines is 2. The molecule has 5 rings (SSSR count). The molecule has 0 bridgehead atoms. The van der Waals surface area contributed by atoms with Crippen molar-refractivity contribution >= 4 is 23.2 Å². The Morgan fingerprint density at radius 2 is 1.63 bits per heavy atom. The van der Waals surface area contributed by atoms with Crippen molar-refractivity contribution in [3.05, 3.63) is 83.4 Å². The van der Waals surface area contributed by atoms with Crippen LogP contribution in [0.25, 0.3) is 0 Å². The topological polar surface area (TPSA) is 62.3 Å². The van der Waals surface area contributed by atoms with Crippen LogP contribution in [0, 0.1) is 0 Å². The third-order valence-electron chi connectivity index (χ3n) is 7.30. The molecule has 3 aromatic rings. The number of carbonyl (C=O) groups excluding carboxylic acids is 2. The van der Waals surface area contributed by atoms with Crippen LogP contribution in [0.15, 0.2) is 66.7 Å². The second-order valence-electron chi connectivity index (χ2n) is 10.8. The van der Waals surface area contributed by atoms with Crippen molar-refractivity contribution in [3.8, 4) is 11.5 Å². The molecule has 0 spiro atoms. The molecule has 0 radical (unpaired) electrons. The number of rotatable bonds is 5. The van der Waals surface area contributed by atoms with E-state index in [4.69, 9.17) is 9.47 Å². The first-order chi connectivity index (χ1) is 18.2. The first-order valence-electron chi connectivity index (χ1n) is 13.1. The van der Waals surface area contributed by atoms with E-state index in [9.17, 15) is 9.59 Å². The minimum absolute atomic E-state index is 0.0267. The van der Waals surface area contributed by atoms with E-state index in [1.807, 2.05) is 53.4 Å². The molecule has 3 aromatic carbocycles. The number of ether oxygens (including phenoxy) is 2. The number of piperazine rings is 1. The van der Waals surface area contributed by atoms with Gasteiger partial charge in [0.25, 0.3) is 11.8 Å². The highest BCUT2D eigenvalue weighted by molar-refractivity contribution is 5.98. The SMILES string of the molecule is COc1ccccc1N1CCN(C(=O)c2ccc(CN3C(=O)COc4ccc(C(C)(C)C)cc43)cc2)CC1. The van der Waals surface area contributed by atoms with Crippen molar-refractivity contribution in [1.82, 2.24) is 4.90 Å². The van der Waals surface area contributed by atoms with Crippen LogP contribution in [0.1, 0.15) is 42.3 Å². The zero-order valence-corrected chi connectivity index (χ0v) is 22.6. The van der Waals surface area contributed by atoms with Gasteiger partial charge in [0, 0.05) is 31.7 Å². The van der Waals surface area contributed by atoms with E-state index in [1.54, 1.807) is 12.0 Å². The minimum Gasteiger partial charge on any atom is -0.495 e. The van der Waals surface area contributed by atoms with Crippen LogP contribution in [-0.4, -0.2) is 56.6 Å². The Morgan fingerprint density at radius 1 is 0.921 bits per heavy atom. The first kappa shape index (κ1) is 25.6. The number of para-hydroxylation sites is 2. The second kappa shape index (κ2) is 10.4. The lowest BCUT2D eigenvalue weighted by Gasteiger charge is -2.36. The van der Waals surface area contributed by atoms with Gasteiger partial charge in [0.05, 0.1) is 25.0 Å². The summed E-state index contributed by atoms with van der Waals surface area (Å²) in [5.74, 6) is 1.52. The van der Waals surface area contributed by atoms with Gasteiger partial charge in [-0.1, -0.05) is 51.1 Å². The molecule has 1 saturated heterocycles. The van der Waals surface area contributed by atoms with E-state index in [2.05, 4.69) is 43.9 Å². The zero-order valence-electron chi connectivity index (χ0n) is 22.6. The molecule has 1 fully saturated rings. The maximum absolute atomic E-state index is 13.2. The molecule has 0 atom stereocenters. The second-order valence-corrected chi connectivity index (χ2v) is 10.8. The summed E-state index contributed by atoms with van der Waals surface area (Å²) in [6.45, 7) is 9.70. The molecule has 0 aromatic heterocycles. The lowest BCUT2D eigenvalue weighted by Crippen LogP contribution is -2.48. The molecule has 2 aliphatic heterocycles. The number of hydrogen-bond acceptors (Lipinski definition) is 5. The summed E-state index contributed by atoms with van der Waals surface area (Å²) < 4.78 is 11.2. The molecule has 198 valence electrons. The van der Waals surface area contributed by atoms with E-state index in [-0.39, 0.29) is 23.8 Å². The van der Waals surface area contributed by atoms with Crippen molar-refractivity contribution in [3.63, 3.8) is 0 Å². The fourth-order valence-electron chi connectivity index (χ4n) is 5.00. The number of carbonyl (C=O) groups is 2. The van der Waals surface area contributed by atoms with Crippen LogP contribution < -0.4 is 19.3 Å². The Bertz CT molecular complexity index is 1320. The van der Waals surface area contributed by atoms with Gasteiger partial charge in [0.2, 0.25) is 0 Å². The summed E-state index contributed by atoms with van der Waals surface area (Å²) in [5.41, 5.74) is 4.57. The summed E-state index contributed by atoms with van der Waals surface area (Å²) in [7, 11) is 1.68.